The van der Waals surface area contributed by atoms with Crippen LogP contribution in [0.5, 0.6) is 11.5 Å². The molecule has 0 aliphatic carbocycles. The highest BCUT2D eigenvalue weighted by molar-refractivity contribution is 5.38. The Labute approximate surface area is 89.6 Å². The van der Waals surface area contributed by atoms with Gasteiger partial charge in [0.1, 0.15) is 11.5 Å². The number of rotatable bonds is 2. The first-order chi connectivity index (χ1) is 7.25. The van der Waals surface area contributed by atoms with Gasteiger partial charge in [-0.05, 0) is 43.5 Å². The number of hydrogen-bond donors (Lipinski definition) is 1. The quantitative estimate of drug-likeness (QED) is 0.811. The van der Waals surface area contributed by atoms with Crippen LogP contribution < -0.4 is 4.74 Å². The molecule has 1 heterocycles. The molecule has 1 N–H and O–H groups in total. The fourth-order valence-corrected chi connectivity index (χ4v) is 1.71. The van der Waals surface area contributed by atoms with Crippen LogP contribution in [-0.2, 0) is 4.74 Å². The SMILES string of the molecule is Cc1cc(O)ccc1OC1CCCCO1. The fraction of sp³-hybridized carbons (Fsp3) is 0.500. The molecule has 1 aliphatic heterocycles. The van der Waals surface area contributed by atoms with Crippen LogP contribution in [0.4, 0.5) is 0 Å². The zero-order valence-electron chi connectivity index (χ0n) is 8.90. The van der Waals surface area contributed by atoms with E-state index in [1.165, 1.54) is 0 Å². The third-order valence-electron chi connectivity index (χ3n) is 2.55. The summed E-state index contributed by atoms with van der Waals surface area (Å²) in [6, 6.07) is 5.10. The largest absolute Gasteiger partial charge is 0.508 e. The monoisotopic (exact) mass is 208 g/mol. The van der Waals surface area contributed by atoms with Gasteiger partial charge in [0.15, 0.2) is 6.29 Å². The van der Waals surface area contributed by atoms with Crippen LogP contribution in [0, 0.1) is 6.92 Å². The summed E-state index contributed by atoms with van der Waals surface area (Å²) in [4.78, 5) is 0. The molecular formula is C12H16O3. The summed E-state index contributed by atoms with van der Waals surface area (Å²) >= 11 is 0. The minimum atomic E-state index is -0.123. The molecule has 1 aromatic rings. The van der Waals surface area contributed by atoms with Crippen molar-refractivity contribution in [1.29, 1.82) is 0 Å². The van der Waals surface area contributed by atoms with Gasteiger partial charge in [-0.1, -0.05) is 0 Å². The highest BCUT2D eigenvalue weighted by Crippen LogP contribution is 2.25. The summed E-state index contributed by atoms with van der Waals surface area (Å²) in [5.74, 6) is 1.06. The first-order valence-electron chi connectivity index (χ1n) is 5.33. The predicted molar refractivity (Wildman–Crippen MR) is 57.1 cm³/mol. The molecule has 0 radical (unpaired) electrons. The maximum absolute atomic E-state index is 9.26. The van der Waals surface area contributed by atoms with E-state index in [0.717, 1.165) is 37.2 Å². The normalized spacial score (nSPS) is 21.3. The number of ether oxygens (including phenoxy) is 2. The highest BCUT2D eigenvalue weighted by Gasteiger charge is 2.15. The molecule has 82 valence electrons. The summed E-state index contributed by atoms with van der Waals surface area (Å²) in [5.41, 5.74) is 0.934. The van der Waals surface area contributed by atoms with E-state index < -0.39 is 0 Å². The summed E-state index contributed by atoms with van der Waals surface area (Å²) in [7, 11) is 0. The van der Waals surface area contributed by atoms with Crippen LogP contribution in [-0.4, -0.2) is 18.0 Å². The molecule has 1 unspecified atom stereocenters. The second kappa shape index (κ2) is 4.53. The Morgan fingerprint density at radius 3 is 2.93 bits per heavy atom. The lowest BCUT2D eigenvalue weighted by Crippen LogP contribution is -2.25. The second-order valence-electron chi connectivity index (χ2n) is 3.86. The molecule has 0 amide bonds. The molecule has 3 heteroatoms. The van der Waals surface area contributed by atoms with Gasteiger partial charge in [0, 0.05) is 6.42 Å². The van der Waals surface area contributed by atoms with E-state index in [-0.39, 0.29) is 12.0 Å². The van der Waals surface area contributed by atoms with E-state index in [0.29, 0.717) is 0 Å². The van der Waals surface area contributed by atoms with Crippen LogP contribution in [0.2, 0.25) is 0 Å². The zero-order valence-corrected chi connectivity index (χ0v) is 8.90. The van der Waals surface area contributed by atoms with Crippen molar-refractivity contribution in [2.75, 3.05) is 6.61 Å². The van der Waals surface area contributed by atoms with Crippen molar-refractivity contribution >= 4 is 0 Å². The van der Waals surface area contributed by atoms with E-state index in [9.17, 15) is 5.11 Å². The number of hydrogen-bond acceptors (Lipinski definition) is 3. The lowest BCUT2D eigenvalue weighted by atomic mass is 10.2. The molecule has 1 saturated heterocycles. The molecule has 1 aromatic carbocycles. The highest BCUT2D eigenvalue weighted by atomic mass is 16.7. The fourth-order valence-electron chi connectivity index (χ4n) is 1.71. The van der Waals surface area contributed by atoms with Crippen LogP contribution in [0.1, 0.15) is 24.8 Å². The Morgan fingerprint density at radius 2 is 2.27 bits per heavy atom. The molecule has 1 fully saturated rings. The van der Waals surface area contributed by atoms with E-state index >= 15 is 0 Å². The Hall–Kier alpha value is -1.22. The van der Waals surface area contributed by atoms with Crippen molar-refractivity contribution in [3.05, 3.63) is 23.8 Å². The van der Waals surface area contributed by atoms with Gasteiger partial charge in [0.05, 0.1) is 6.61 Å². The molecule has 1 atom stereocenters. The maximum Gasteiger partial charge on any atom is 0.199 e. The van der Waals surface area contributed by atoms with Gasteiger partial charge in [-0.15, -0.1) is 0 Å². The molecule has 0 spiro atoms. The average Bonchev–Trinajstić information content (AvgIpc) is 2.24. The lowest BCUT2D eigenvalue weighted by Gasteiger charge is -2.24. The Morgan fingerprint density at radius 1 is 1.40 bits per heavy atom. The molecule has 1 aliphatic rings. The number of phenolic OH excluding ortho intramolecular Hbond substituents is 1. The topological polar surface area (TPSA) is 38.7 Å². The van der Waals surface area contributed by atoms with Crippen molar-refractivity contribution < 1.29 is 14.6 Å². The van der Waals surface area contributed by atoms with Crippen molar-refractivity contribution in [1.82, 2.24) is 0 Å². The minimum absolute atomic E-state index is 0.123. The van der Waals surface area contributed by atoms with Crippen molar-refractivity contribution in [3.8, 4) is 11.5 Å². The Balaban J connectivity index is 2.03. The van der Waals surface area contributed by atoms with Gasteiger partial charge in [-0.2, -0.15) is 0 Å². The molecule has 0 aromatic heterocycles. The van der Waals surface area contributed by atoms with E-state index in [1.54, 1.807) is 18.2 Å². The van der Waals surface area contributed by atoms with E-state index in [2.05, 4.69) is 0 Å². The van der Waals surface area contributed by atoms with Crippen LogP contribution >= 0.6 is 0 Å². The molecule has 0 bridgehead atoms. The molecular weight excluding hydrogens is 192 g/mol. The molecule has 2 rings (SSSR count). The van der Waals surface area contributed by atoms with Gasteiger partial charge in [-0.25, -0.2) is 0 Å². The summed E-state index contributed by atoms with van der Waals surface area (Å²) in [6.45, 7) is 2.69. The first-order valence-corrected chi connectivity index (χ1v) is 5.33. The Kier molecular flexibility index (Phi) is 3.11. The smallest absolute Gasteiger partial charge is 0.199 e. The predicted octanol–water partition coefficient (Wildman–Crippen LogP) is 2.61. The second-order valence-corrected chi connectivity index (χ2v) is 3.86. The van der Waals surface area contributed by atoms with Crippen LogP contribution in [0.25, 0.3) is 0 Å². The van der Waals surface area contributed by atoms with E-state index in [4.69, 9.17) is 9.47 Å². The standard InChI is InChI=1S/C12H16O3/c1-9-8-10(13)5-6-11(9)15-12-4-2-3-7-14-12/h5-6,8,12-13H,2-4,7H2,1H3. The number of aryl methyl sites for hydroxylation is 1. The third kappa shape index (κ3) is 2.63. The van der Waals surface area contributed by atoms with Gasteiger partial charge in [0.25, 0.3) is 0 Å². The molecule has 3 nitrogen and oxygen atoms in total. The maximum atomic E-state index is 9.26. The van der Waals surface area contributed by atoms with Gasteiger partial charge < -0.3 is 14.6 Å². The summed E-state index contributed by atoms with van der Waals surface area (Å²) in [6.07, 6.45) is 3.10. The zero-order chi connectivity index (χ0) is 10.7. The number of phenols is 1. The van der Waals surface area contributed by atoms with E-state index in [1.807, 2.05) is 6.92 Å². The van der Waals surface area contributed by atoms with Crippen LogP contribution in [0.3, 0.4) is 0 Å². The van der Waals surface area contributed by atoms with Crippen LogP contribution in [0.15, 0.2) is 18.2 Å². The average molecular weight is 208 g/mol. The molecule has 0 saturated carbocycles. The first kappa shape index (κ1) is 10.3. The number of benzene rings is 1. The summed E-state index contributed by atoms with van der Waals surface area (Å²) in [5, 5.41) is 9.26. The Bertz CT molecular complexity index is 330. The summed E-state index contributed by atoms with van der Waals surface area (Å²) < 4.78 is 11.2. The third-order valence-corrected chi connectivity index (χ3v) is 2.55. The molecule has 15 heavy (non-hydrogen) atoms. The number of aromatic hydroxyl groups is 1. The van der Waals surface area contributed by atoms with Gasteiger partial charge >= 0.3 is 0 Å². The lowest BCUT2D eigenvalue weighted by molar-refractivity contribution is -0.106. The minimum Gasteiger partial charge on any atom is -0.508 e. The van der Waals surface area contributed by atoms with Crippen molar-refractivity contribution in [3.63, 3.8) is 0 Å². The van der Waals surface area contributed by atoms with Crippen molar-refractivity contribution in [2.24, 2.45) is 0 Å². The van der Waals surface area contributed by atoms with Gasteiger partial charge in [-0.3, -0.25) is 0 Å². The van der Waals surface area contributed by atoms with Gasteiger partial charge in [0.2, 0.25) is 0 Å². The van der Waals surface area contributed by atoms with Crippen molar-refractivity contribution in [2.45, 2.75) is 32.5 Å².